The second kappa shape index (κ2) is 6.93. The number of rotatable bonds is 4. The molecule has 1 amide bonds. The van der Waals surface area contributed by atoms with Gasteiger partial charge in [0.15, 0.2) is 6.61 Å². The molecular formula is C17H18INO2. The quantitative estimate of drug-likeness (QED) is 0.734. The number of carbonyl (C=O) groups excluding carboxylic acids is 1. The number of aryl methyl sites for hydroxylation is 1. The van der Waals surface area contributed by atoms with Crippen LogP contribution in [0, 0.1) is 17.4 Å². The molecular weight excluding hydrogens is 377 g/mol. The van der Waals surface area contributed by atoms with Crippen molar-refractivity contribution in [1.82, 2.24) is 0 Å². The van der Waals surface area contributed by atoms with Crippen molar-refractivity contribution in [1.29, 1.82) is 0 Å². The van der Waals surface area contributed by atoms with Crippen molar-refractivity contribution in [2.24, 2.45) is 0 Å². The molecule has 0 aromatic heterocycles. The zero-order chi connectivity index (χ0) is 15.4. The molecule has 0 aliphatic rings. The van der Waals surface area contributed by atoms with Crippen molar-refractivity contribution >= 4 is 34.2 Å². The van der Waals surface area contributed by atoms with E-state index < -0.39 is 0 Å². The highest BCUT2D eigenvalue weighted by Gasteiger charge is 2.14. The Bertz CT molecular complexity index is 638. The van der Waals surface area contributed by atoms with Crippen LogP contribution in [0.3, 0.4) is 0 Å². The van der Waals surface area contributed by atoms with Crippen LogP contribution in [0.4, 0.5) is 5.69 Å². The SMILES string of the molecule is Cc1cccc(N(C)C(=O)COc2ccc(I)cc2)c1C. The summed E-state index contributed by atoms with van der Waals surface area (Å²) in [5, 5.41) is 0. The van der Waals surface area contributed by atoms with Crippen molar-refractivity contribution in [3.63, 3.8) is 0 Å². The Balaban J connectivity index is 2.02. The first-order valence-electron chi connectivity index (χ1n) is 6.70. The van der Waals surface area contributed by atoms with Gasteiger partial charge in [-0.15, -0.1) is 0 Å². The number of likely N-dealkylation sites (N-methyl/N-ethyl adjacent to an activating group) is 1. The maximum atomic E-state index is 12.2. The lowest BCUT2D eigenvalue weighted by Gasteiger charge is -2.20. The lowest BCUT2D eigenvalue weighted by Crippen LogP contribution is -2.31. The Morgan fingerprint density at radius 3 is 2.48 bits per heavy atom. The van der Waals surface area contributed by atoms with Gasteiger partial charge in [0.05, 0.1) is 0 Å². The summed E-state index contributed by atoms with van der Waals surface area (Å²) in [6.45, 7) is 4.10. The van der Waals surface area contributed by atoms with Gasteiger partial charge in [0.1, 0.15) is 5.75 Å². The first-order valence-corrected chi connectivity index (χ1v) is 7.78. The number of hydrogen-bond donors (Lipinski definition) is 0. The maximum Gasteiger partial charge on any atom is 0.264 e. The third kappa shape index (κ3) is 3.97. The van der Waals surface area contributed by atoms with Crippen LogP contribution in [0.2, 0.25) is 0 Å². The van der Waals surface area contributed by atoms with Crippen LogP contribution in [-0.4, -0.2) is 19.6 Å². The fourth-order valence-electron chi connectivity index (χ4n) is 2.01. The van der Waals surface area contributed by atoms with Crippen LogP contribution >= 0.6 is 22.6 Å². The summed E-state index contributed by atoms with van der Waals surface area (Å²) in [7, 11) is 1.78. The summed E-state index contributed by atoms with van der Waals surface area (Å²) >= 11 is 2.23. The van der Waals surface area contributed by atoms with E-state index in [0.29, 0.717) is 5.75 Å². The van der Waals surface area contributed by atoms with Gasteiger partial charge in [-0.05, 0) is 77.9 Å². The zero-order valence-electron chi connectivity index (χ0n) is 12.4. The topological polar surface area (TPSA) is 29.5 Å². The van der Waals surface area contributed by atoms with Crippen molar-refractivity contribution < 1.29 is 9.53 Å². The number of nitrogens with zero attached hydrogens (tertiary/aromatic N) is 1. The first kappa shape index (κ1) is 15.8. The largest absolute Gasteiger partial charge is 0.484 e. The molecule has 0 saturated carbocycles. The third-order valence-electron chi connectivity index (χ3n) is 3.49. The highest BCUT2D eigenvalue weighted by atomic mass is 127. The predicted molar refractivity (Wildman–Crippen MR) is 94.0 cm³/mol. The molecule has 0 fully saturated rings. The fourth-order valence-corrected chi connectivity index (χ4v) is 2.37. The number of halogens is 1. The minimum atomic E-state index is -0.0674. The normalized spacial score (nSPS) is 10.3. The molecule has 0 radical (unpaired) electrons. The van der Waals surface area contributed by atoms with Gasteiger partial charge >= 0.3 is 0 Å². The summed E-state index contributed by atoms with van der Waals surface area (Å²) in [5.41, 5.74) is 3.21. The van der Waals surface area contributed by atoms with Gasteiger partial charge in [-0.3, -0.25) is 4.79 Å². The summed E-state index contributed by atoms with van der Waals surface area (Å²) in [4.78, 5) is 13.9. The minimum absolute atomic E-state index is 0.0322. The van der Waals surface area contributed by atoms with E-state index in [9.17, 15) is 4.79 Å². The monoisotopic (exact) mass is 395 g/mol. The molecule has 0 N–H and O–H groups in total. The van der Waals surface area contributed by atoms with E-state index in [0.717, 1.165) is 14.8 Å². The molecule has 2 rings (SSSR count). The van der Waals surface area contributed by atoms with Gasteiger partial charge in [0.2, 0.25) is 0 Å². The summed E-state index contributed by atoms with van der Waals surface area (Å²) in [6.07, 6.45) is 0. The van der Waals surface area contributed by atoms with E-state index >= 15 is 0 Å². The highest BCUT2D eigenvalue weighted by Crippen LogP contribution is 2.22. The van der Waals surface area contributed by atoms with E-state index in [-0.39, 0.29) is 12.5 Å². The number of ether oxygens (including phenoxy) is 1. The van der Waals surface area contributed by atoms with Crippen LogP contribution in [0.5, 0.6) is 5.75 Å². The molecule has 0 unspecified atom stereocenters. The smallest absolute Gasteiger partial charge is 0.264 e. The standard InChI is InChI=1S/C17H18INO2/c1-12-5-4-6-16(13(12)2)19(3)17(20)11-21-15-9-7-14(18)8-10-15/h4-10H,11H2,1-3H3. The molecule has 2 aromatic rings. The van der Waals surface area contributed by atoms with Gasteiger partial charge in [-0.25, -0.2) is 0 Å². The zero-order valence-corrected chi connectivity index (χ0v) is 14.5. The first-order chi connectivity index (χ1) is 9.99. The number of anilines is 1. The van der Waals surface area contributed by atoms with Crippen LogP contribution in [-0.2, 0) is 4.79 Å². The Morgan fingerprint density at radius 1 is 1.14 bits per heavy atom. The molecule has 0 atom stereocenters. The molecule has 0 spiro atoms. The minimum Gasteiger partial charge on any atom is -0.484 e. The van der Waals surface area contributed by atoms with Crippen molar-refractivity contribution in [2.75, 3.05) is 18.6 Å². The second-order valence-corrected chi connectivity index (χ2v) is 6.16. The van der Waals surface area contributed by atoms with E-state index in [2.05, 4.69) is 22.6 Å². The lowest BCUT2D eigenvalue weighted by molar-refractivity contribution is -0.120. The molecule has 21 heavy (non-hydrogen) atoms. The van der Waals surface area contributed by atoms with E-state index in [4.69, 9.17) is 4.74 Å². The summed E-state index contributed by atoms with van der Waals surface area (Å²) < 4.78 is 6.68. The molecule has 3 nitrogen and oxygen atoms in total. The average Bonchev–Trinajstić information content (AvgIpc) is 2.48. The Kier molecular flexibility index (Phi) is 5.22. The molecule has 110 valence electrons. The highest BCUT2D eigenvalue weighted by molar-refractivity contribution is 14.1. The molecule has 0 heterocycles. The van der Waals surface area contributed by atoms with Crippen molar-refractivity contribution in [2.45, 2.75) is 13.8 Å². The van der Waals surface area contributed by atoms with Crippen molar-refractivity contribution in [3.8, 4) is 5.75 Å². The molecule has 0 bridgehead atoms. The van der Waals surface area contributed by atoms with Crippen LogP contribution in [0.25, 0.3) is 0 Å². The fraction of sp³-hybridized carbons (Fsp3) is 0.235. The van der Waals surface area contributed by atoms with Crippen LogP contribution < -0.4 is 9.64 Å². The molecule has 2 aromatic carbocycles. The number of benzene rings is 2. The van der Waals surface area contributed by atoms with Crippen molar-refractivity contribution in [3.05, 3.63) is 57.2 Å². The van der Waals surface area contributed by atoms with E-state index in [1.807, 2.05) is 56.3 Å². The maximum absolute atomic E-state index is 12.2. The van der Waals surface area contributed by atoms with E-state index in [1.165, 1.54) is 5.56 Å². The number of amides is 1. The average molecular weight is 395 g/mol. The third-order valence-corrected chi connectivity index (χ3v) is 4.21. The summed E-state index contributed by atoms with van der Waals surface area (Å²) in [5.74, 6) is 0.639. The molecule has 4 heteroatoms. The van der Waals surface area contributed by atoms with Gasteiger partial charge in [-0.1, -0.05) is 12.1 Å². The number of carbonyl (C=O) groups is 1. The molecule has 0 aliphatic carbocycles. The summed E-state index contributed by atoms with van der Waals surface area (Å²) in [6, 6.07) is 13.6. The molecule has 0 saturated heterocycles. The van der Waals surface area contributed by atoms with E-state index in [1.54, 1.807) is 11.9 Å². The lowest BCUT2D eigenvalue weighted by atomic mass is 10.1. The van der Waals surface area contributed by atoms with Gasteiger partial charge in [-0.2, -0.15) is 0 Å². The van der Waals surface area contributed by atoms with Gasteiger partial charge in [0.25, 0.3) is 5.91 Å². The Hall–Kier alpha value is -1.56. The van der Waals surface area contributed by atoms with Crippen LogP contribution in [0.15, 0.2) is 42.5 Å². The van der Waals surface area contributed by atoms with Gasteiger partial charge in [0, 0.05) is 16.3 Å². The Morgan fingerprint density at radius 2 is 1.81 bits per heavy atom. The number of hydrogen-bond acceptors (Lipinski definition) is 2. The molecule has 0 aliphatic heterocycles. The second-order valence-electron chi connectivity index (χ2n) is 4.91. The Labute approximate surface area is 139 Å². The predicted octanol–water partition coefficient (Wildman–Crippen LogP) is 3.95. The van der Waals surface area contributed by atoms with Gasteiger partial charge < -0.3 is 9.64 Å². The van der Waals surface area contributed by atoms with Crippen LogP contribution in [0.1, 0.15) is 11.1 Å².